The molecule has 23 heavy (non-hydrogen) atoms. The smallest absolute Gasteiger partial charge is 0.0382 e. The Bertz CT molecular complexity index is 788. The van der Waals surface area contributed by atoms with Gasteiger partial charge in [0.15, 0.2) is 0 Å². The van der Waals surface area contributed by atoms with Crippen molar-refractivity contribution in [2.45, 2.75) is 31.3 Å². The van der Waals surface area contributed by atoms with Crippen molar-refractivity contribution in [3.63, 3.8) is 0 Å². The van der Waals surface area contributed by atoms with Crippen LogP contribution in [0.1, 0.15) is 36.9 Å². The van der Waals surface area contributed by atoms with Gasteiger partial charge in [0.1, 0.15) is 0 Å². The van der Waals surface area contributed by atoms with Gasteiger partial charge in [-0.05, 0) is 35.7 Å². The van der Waals surface area contributed by atoms with E-state index in [1.54, 1.807) is 0 Å². The first-order valence-corrected chi connectivity index (χ1v) is 8.05. The summed E-state index contributed by atoms with van der Waals surface area (Å²) in [4.78, 5) is 0. The van der Waals surface area contributed by atoms with Crippen molar-refractivity contribution in [2.75, 3.05) is 0 Å². The fourth-order valence-corrected chi connectivity index (χ4v) is 3.37. The minimum atomic E-state index is -0.419. The molecule has 0 saturated heterocycles. The summed E-state index contributed by atoms with van der Waals surface area (Å²) in [7, 11) is 0. The molecule has 3 aromatic rings. The van der Waals surface area contributed by atoms with Crippen molar-refractivity contribution < 1.29 is 0 Å². The first-order chi connectivity index (χ1) is 11.0. The van der Waals surface area contributed by atoms with Gasteiger partial charge in [-0.15, -0.1) is 0 Å². The average Bonchev–Trinajstić information content (AvgIpc) is 2.54. The lowest BCUT2D eigenvalue weighted by Crippen LogP contribution is -2.44. The average molecular weight is 304 g/mol. The monoisotopic (exact) mass is 304 g/mol. The SMILES string of the molecule is CC(C)(N)C(c1ccc2ccccc2c1)C(N)c1ccccc1. The molecule has 2 unspecified atom stereocenters. The normalized spacial score (nSPS) is 14.6. The van der Waals surface area contributed by atoms with E-state index in [0.29, 0.717) is 0 Å². The molecule has 0 heterocycles. The van der Waals surface area contributed by atoms with Crippen LogP contribution in [0.2, 0.25) is 0 Å². The zero-order valence-corrected chi connectivity index (χ0v) is 13.7. The van der Waals surface area contributed by atoms with Gasteiger partial charge in [0.2, 0.25) is 0 Å². The van der Waals surface area contributed by atoms with Gasteiger partial charge in [0, 0.05) is 17.5 Å². The lowest BCUT2D eigenvalue weighted by molar-refractivity contribution is 0.360. The maximum absolute atomic E-state index is 6.62. The summed E-state index contributed by atoms with van der Waals surface area (Å²) in [5.74, 6) is 0.0366. The lowest BCUT2D eigenvalue weighted by atomic mass is 9.75. The number of fused-ring (bicyclic) bond motifs is 1. The summed E-state index contributed by atoms with van der Waals surface area (Å²) in [5.41, 5.74) is 15.0. The second-order valence-corrected chi connectivity index (χ2v) is 6.84. The zero-order chi connectivity index (χ0) is 16.4. The molecular formula is C21H24N2. The Morgan fingerprint density at radius 3 is 2.00 bits per heavy atom. The Balaban J connectivity index is 2.08. The van der Waals surface area contributed by atoms with Crippen molar-refractivity contribution in [3.8, 4) is 0 Å². The van der Waals surface area contributed by atoms with E-state index in [1.165, 1.54) is 16.3 Å². The summed E-state index contributed by atoms with van der Waals surface area (Å²) < 4.78 is 0. The molecule has 118 valence electrons. The third kappa shape index (κ3) is 3.29. The molecular weight excluding hydrogens is 280 g/mol. The van der Waals surface area contributed by atoms with E-state index in [2.05, 4.69) is 68.4 Å². The van der Waals surface area contributed by atoms with Gasteiger partial charge in [-0.1, -0.05) is 72.8 Å². The molecule has 0 saturated carbocycles. The predicted octanol–water partition coefficient (Wildman–Crippen LogP) is 4.36. The third-order valence-corrected chi connectivity index (χ3v) is 4.48. The first kappa shape index (κ1) is 15.7. The number of hydrogen-bond acceptors (Lipinski definition) is 2. The minimum Gasteiger partial charge on any atom is -0.325 e. The maximum Gasteiger partial charge on any atom is 0.0382 e. The van der Waals surface area contributed by atoms with Crippen LogP contribution in [0.3, 0.4) is 0 Å². The van der Waals surface area contributed by atoms with E-state index in [-0.39, 0.29) is 12.0 Å². The Morgan fingerprint density at radius 2 is 1.35 bits per heavy atom. The Kier molecular flexibility index (Phi) is 4.20. The fourth-order valence-electron chi connectivity index (χ4n) is 3.37. The van der Waals surface area contributed by atoms with E-state index >= 15 is 0 Å². The summed E-state index contributed by atoms with van der Waals surface area (Å²) in [6.45, 7) is 4.10. The molecule has 0 bridgehead atoms. The Morgan fingerprint density at radius 1 is 0.739 bits per heavy atom. The summed E-state index contributed by atoms with van der Waals surface area (Å²) in [6, 6.07) is 25.0. The largest absolute Gasteiger partial charge is 0.325 e. The summed E-state index contributed by atoms with van der Waals surface area (Å²) >= 11 is 0. The molecule has 3 rings (SSSR count). The van der Waals surface area contributed by atoms with Gasteiger partial charge >= 0.3 is 0 Å². The van der Waals surface area contributed by atoms with E-state index in [1.807, 2.05) is 18.2 Å². The van der Waals surface area contributed by atoms with Crippen LogP contribution in [0.4, 0.5) is 0 Å². The molecule has 0 aliphatic rings. The number of nitrogens with two attached hydrogens (primary N) is 2. The highest BCUT2D eigenvalue weighted by Crippen LogP contribution is 2.37. The zero-order valence-electron chi connectivity index (χ0n) is 13.7. The third-order valence-electron chi connectivity index (χ3n) is 4.48. The van der Waals surface area contributed by atoms with Crippen LogP contribution in [0.15, 0.2) is 72.8 Å². The van der Waals surface area contributed by atoms with Crippen LogP contribution < -0.4 is 11.5 Å². The van der Waals surface area contributed by atoms with Crippen LogP contribution in [-0.4, -0.2) is 5.54 Å². The Labute approximate surface area is 138 Å². The van der Waals surface area contributed by atoms with Crippen molar-refractivity contribution >= 4 is 10.8 Å². The highest BCUT2D eigenvalue weighted by atomic mass is 14.8. The van der Waals surface area contributed by atoms with Crippen molar-refractivity contribution in [2.24, 2.45) is 11.5 Å². The highest BCUT2D eigenvalue weighted by Gasteiger charge is 2.33. The molecule has 0 spiro atoms. The Hall–Kier alpha value is -2.16. The molecule has 0 aliphatic heterocycles. The van der Waals surface area contributed by atoms with Crippen LogP contribution in [-0.2, 0) is 0 Å². The second-order valence-electron chi connectivity index (χ2n) is 6.84. The van der Waals surface area contributed by atoms with Crippen molar-refractivity contribution in [1.82, 2.24) is 0 Å². The van der Waals surface area contributed by atoms with Gasteiger partial charge in [0.25, 0.3) is 0 Å². The molecule has 0 radical (unpaired) electrons. The van der Waals surface area contributed by atoms with E-state index < -0.39 is 5.54 Å². The van der Waals surface area contributed by atoms with Gasteiger partial charge in [-0.3, -0.25) is 0 Å². The van der Waals surface area contributed by atoms with Crippen LogP contribution >= 0.6 is 0 Å². The molecule has 0 aliphatic carbocycles. The van der Waals surface area contributed by atoms with Gasteiger partial charge in [-0.25, -0.2) is 0 Å². The lowest BCUT2D eigenvalue weighted by Gasteiger charge is -2.36. The number of rotatable bonds is 4. The van der Waals surface area contributed by atoms with Gasteiger partial charge in [-0.2, -0.15) is 0 Å². The molecule has 3 aromatic carbocycles. The fraction of sp³-hybridized carbons (Fsp3) is 0.238. The van der Waals surface area contributed by atoms with Crippen molar-refractivity contribution in [1.29, 1.82) is 0 Å². The summed E-state index contributed by atoms with van der Waals surface area (Å²) in [6.07, 6.45) is 0. The quantitative estimate of drug-likeness (QED) is 0.752. The van der Waals surface area contributed by atoms with Crippen LogP contribution in [0.5, 0.6) is 0 Å². The van der Waals surface area contributed by atoms with Gasteiger partial charge < -0.3 is 11.5 Å². The number of benzene rings is 3. The first-order valence-electron chi connectivity index (χ1n) is 8.05. The highest BCUT2D eigenvalue weighted by molar-refractivity contribution is 5.83. The van der Waals surface area contributed by atoms with Crippen LogP contribution in [0.25, 0.3) is 10.8 Å². The standard InChI is InChI=1S/C21H24N2/c1-21(2,23)19(20(22)16-9-4-3-5-10-16)18-13-12-15-8-6-7-11-17(15)14-18/h3-14,19-20H,22-23H2,1-2H3. The maximum atomic E-state index is 6.62. The van der Waals surface area contributed by atoms with E-state index in [4.69, 9.17) is 11.5 Å². The minimum absolute atomic E-state index is 0.0366. The summed E-state index contributed by atoms with van der Waals surface area (Å²) in [5, 5.41) is 2.46. The van der Waals surface area contributed by atoms with E-state index in [0.717, 1.165) is 5.56 Å². The molecule has 2 nitrogen and oxygen atoms in total. The molecule has 4 N–H and O–H groups in total. The molecule has 0 aromatic heterocycles. The second kappa shape index (κ2) is 6.15. The predicted molar refractivity (Wildman–Crippen MR) is 98.3 cm³/mol. The molecule has 2 atom stereocenters. The van der Waals surface area contributed by atoms with Gasteiger partial charge in [0.05, 0.1) is 0 Å². The number of hydrogen-bond donors (Lipinski definition) is 2. The topological polar surface area (TPSA) is 52.0 Å². The van der Waals surface area contributed by atoms with Crippen LogP contribution in [0, 0.1) is 0 Å². The molecule has 0 amide bonds. The van der Waals surface area contributed by atoms with Crippen molar-refractivity contribution in [3.05, 3.63) is 83.9 Å². The van der Waals surface area contributed by atoms with E-state index in [9.17, 15) is 0 Å². The molecule has 2 heteroatoms. The molecule has 0 fully saturated rings.